The average Bonchev–Trinajstić information content (AvgIpc) is 3.28. The number of rotatable bonds is 49. The maximum absolute atomic E-state index is 12.7. The highest BCUT2D eigenvalue weighted by molar-refractivity contribution is 5.71. The van der Waals surface area contributed by atoms with Gasteiger partial charge < -0.3 is 14.2 Å². The Bertz CT molecular complexity index is 1110. The molecule has 366 valence electrons. The maximum atomic E-state index is 12.7. The van der Waals surface area contributed by atoms with Crippen molar-refractivity contribution in [3.8, 4) is 0 Å². The normalized spacial score (nSPS) is 12.4. The van der Waals surface area contributed by atoms with E-state index in [0.29, 0.717) is 19.3 Å². The Hall–Kier alpha value is -2.63. The largest absolute Gasteiger partial charge is 0.462 e. The zero-order chi connectivity index (χ0) is 45.8. The second-order valence-corrected chi connectivity index (χ2v) is 18.1. The minimum atomic E-state index is -0.771. The van der Waals surface area contributed by atoms with Crippen molar-refractivity contribution in [2.24, 2.45) is 0 Å². The predicted octanol–water partition coefficient (Wildman–Crippen LogP) is 17.9. The summed E-state index contributed by atoms with van der Waals surface area (Å²) in [5.41, 5.74) is 0. The highest BCUT2D eigenvalue weighted by Gasteiger charge is 2.19. The van der Waals surface area contributed by atoms with E-state index in [9.17, 15) is 14.4 Å². The fourth-order valence-electron chi connectivity index (χ4n) is 7.69. The summed E-state index contributed by atoms with van der Waals surface area (Å²) in [6.07, 6.45) is 62.9. The smallest absolute Gasteiger partial charge is 0.306 e. The summed E-state index contributed by atoms with van der Waals surface area (Å²) in [7, 11) is 0. The summed E-state index contributed by atoms with van der Waals surface area (Å²) < 4.78 is 16.7. The topological polar surface area (TPSA) is 78.9 Å². The molecule has 0 rings (SSSR count). The molecule has 0 aliphatic heterocycles. The molecule has 0 aromatic rings. The van der Waals surface area contributed by atoms with E-state index in [1.165, 1.54) is 148 Å². The Morgan fingerprint density at radius 2 is 0.603 bits per heavy atom. The molecule has 0 aromatic heterocycles. The second kappa shape index (κ2) is 52.0. The van der Waals surface area contributed by atoms with Gasteiger partial charge in [0.25, 0.3) is 0 Å². The molecule has 0 aliphatic carbocycles. The van der Waals surface area contributed by atoms with Gasteiger partial charge in [-0.2, -0.15) is 0 Å². The predicted molar refractivity (Wildman–Crippen MR) is 270 cm³/mol. The number of esters is 3. The number of carbonyl (C=O) groups excluding carboxylic acids is 3. The van der Waals surface area contributed by atoms with Gasteiger partial charge in [-0.1, -0.05) is 230 Å². The van der Waals surface area contributed by atoms with Crippen molar-refractivity contribution in [1.82, 2.24) is 0 Å². The molecule has 0 heterocycles. The molecule has 0 aliphatic rings. The minimum absolute atomic E-state index is 0.0751. The summed E-state index contributed by atoms with van der Waals surface area (Å²) in [6.45, 7) is 6.51. The quantitative estimate of drug-likeness (QED) is 0.0262. The zero-order valence-corrected chi connectivity index (χ0v) is 41.8. The van der Waals surface area contributed by atoms with Gasteiger partial charge in [-0.15, -0.1) is 0 Å². The fraction of sp³-hybridized carbons (Fsp3) is 0.807. The van der Waals surface area contributed by atoms with Gasteiger partial charge in [-0.3, -0.25) is 14.4 Å². The van der Waals surface area contributed by atoms with Crippen LogP contribution in [-0.4, -0.2) is 37.2 Å². The molecule has 0 N–H and O–H groups in total. The highest BCUT2D eigenvalue weighted by Crippen LogP contribution is 2.16. The molecule has 0 aromatic carbocycles. The maximum Gasteiger partial charge on any atom is 0.306 e. The summed E-state index contributed by atoms with van der Waals surface area (Å²) >= 11 is 0. The first kappa shape index (κ1) is 60.4. The van der Waals surface area contributed by atoms with Gasteiger partial charge in [0.15, 0.2) is 6.10 Å². The Morgan fingerprint density at radius 3 is 0.968 bits per heavy atom. The fourth-order valence-corrected chi connectivity index (χ4v) is 7.69. The van der Waals surface area contributed by atoms with Crippen LogP contribution in [0.2, 0.25) is 0 Å². The summed E-state index contributed by atoms with van der Waals surface area (Å²) in [4.78, 5) is 37.6. The Labute approximate surface area is 390 Å². The van der Waals surface area contributed by atoms with Gasteiger partial charge >= 0.3 is 17.9 Å². The van der Waals surface area contributed by atoms with E-state index in [2.05, 4.69) is 69.4 Å². The molecule has 0 radical (unpaired) electrons. The third kappa shape index (κ3) is 50.2. The SMILES string of the molecule is CCC/C=C\CCCCCCCC(=O)OC(COC(=O)CCCCCCCC)COC(=O)CCCCCCCCCCCCCCCC/C=C\C/C=C\C/C=C\CCCCCCC. The molecule has 63 heavy (non-hydrogen) atoms. The molecule has 0 fully saturated rings. The number of ether oxygens (including phenoxy) is 3. The Balaban J connectivity index is 3.97. The van der Waals surface area contributed by atoms with Gasteiger partial charge in [0.05, 0.1) is 0 Å². The first-order chi connectivity index (χ1) is 31.0. The van der Waals surface area contributed by atoms with Gasteiger partial charge in [0, 0.05) is 19.3 Å². The number of hydrogen-bond donors (Lipinski definition) is 0. The lowest BCUT2D eigenvalue weighted by Gasteiger charge is -2.18. The van der Waals surface area contributed by atoms with Crippen LogP contribution < -0.4 is 0 Å². The average molecular weight is 883 g/mol. The molecular weight excluding hydrogens is 781 g/mol. The summed E-state index contributed by atoms with van der Waals surface area (Å²) in [6, 6.07) is 0. The first-order valence-corrected chi connectivity index (χ1v) is 27.1. The molecule has 0 bridgehead atoms. The van der Waals surface area contributed by atoms with Crippen LogP contribution >= 0.6 is 0 Å². The van der Waals surface area contributed by atoms with Crippen molar-refractivity contribution in [3.05, 3.63) is 48.6 Å². The van der Waals surface area contributed by atoms with Crippen LogP contribution in [0.5, 0.6) is 0 Å². The third-order valence-corrected chi connectivity index (χ3v) is 11.8. The Morgan fingerprint density at radius 1 is 0.317 bits per heavy atom. The van der Waals surface area contributed by atoms with E-state index >= 15 is 0 Å². The molecule has 1 atom stereocenters. The Kier molecular flexibility index (Phi) is 49.8. The van der Waals surface area contributed by atoms with E-state index in [-0.39, 0.29) is 31.1 Å². The van der Waals surface area contributed by atoms with Gasteiger partial charge in [0.2, 0.25) is 0 Å². The van der Waals surface area contributed by atoms with Crippen LogP contribution in [0.25, 0.3) is 0 Å². The molecule has 1 unspecified atom stereocenters. The van der Waals surface area contributed by atoms with Crippen LogP contribution in [0.4, 0.5) is 0 Å². The molecule has 0 saturated heterocycles. The van der Waals surface area contributed by atoms with Crippen molar-refractivity contribution in [3.63, 3.8) is 0 Å². The van der Waals surface area contributed by atoms with E-state index in [4.69, 9.17) is 14.2 Å². The van der Waals surface area contributed by atoms with Crippen LogP contribution in [-0.2, 0) is 28.6 Å². The van der Waals surface area contributed by atoms with Gasteiger partial charge in [-0.25, -0.2) is 0 Å². The first-order valence-electron chi connectivity index (χ1n) is 27.1. The molecular formula is C57H102O6. The van der Waals surface area contributed by atoms with E-state index in [1.54, 1.807) is 0 Å². The molecule has 0 spiro atoms. The lowest BCUT2D eigenvalue weighted by atomic mass is 10.0. The number of carbonyl (C=O) groups is 3. The van der Waals surface area contributed by atoms with Crippen molar-refractivity contribution in [2.75, 3.05) is 13.2 Å². The standard InChI is InChI=1S/C57H102O6/c1-4-7-10-13-16-18-20-21-22-23-24-25-26-27-28-29-30-31-32-33-34-35-36-37-38-40-41-44-47-50-56(59)62-53-54(52-61-55(58)49-46-43-15-12-9-6-3)63-57(60)51-48-45-42-39-19-17-14-11-8-5-2/h11,14,20-21,23-24,26-27,54H,4-10,12-13,15-19,22,25,28-53H2,1-3H3/b14-11-,21-20-,24-23-,27-26-. The van der Waals surface area contributed by atoms with Gasteiger partial charge in [-0.05, 0) is 77.0 Å². The monoisotopic (exact) mass is 883 g/mol. The van der Waals surface area contributed by atoms with Crippen molar-refractivity contribution < 1.29 is 28.6 Å². The second-order valence-electron chi connectivity index (χ2n) is 18.1. The molecule has 6 nitrogen and oxygen atoms in total. The minimum Gasteiger partial charge on any atom is -0.462 e. The van der Waals surface area contributed by atoms with E-state index in [0.717, 1.165) is 89.9 Å². The number of allylic oxidation sites excluding steroid dienone is 8. The summed E-state index contributed by atoms with van der Waals surface area (Å²) in [5.74, 6) is -0.891. The summed E-state index contributed by atoms with van der Waals surface area (Å²) in [5, 5.41) is 0. The van der Waals surface area contributed by atoms with E-state index in [1.807, 2.05) is 0 Å². The lowest BCUT2D eigenvalue weighted by molar-refractivity contribution is -0.167. The van der Waals surface area contributed by atoms with Crippen LogP contribution in [0.15, 0.2) is 48.6 Å². The van der Waals surface area contributed by atoms with Crippen LogP contribution in [0.1, 0.15) is 278 Å². The van der Waals surface area contributed by atoms with Crippen LogP contribution in [0, 0.1) is 0 Å². The number of unbranched alkanes of at least 4 members (excludes halogenated alkanes) is 30. The van der Waals surface area contributed by atoms with Crippen LogP contribution in [0.3, 0.4) is 0 Å². The lowest BCUT2D eigenvalue weighted by Crippen LogP contribution is -2.30. The third-order valence-electron chi connectivity index (χ3n) is 11.8. The molecule has 6 heteroatoms. The van der Waals surface area contributed by atoms with Crippen molar-refractivity contribution in [1.29, 1.82) is 0 Å². The van der Waals surface area contributed by atoms with E-state index < -0.39 is 6.10 Å². The molecule has 0 saturated carbocycles. The molecule has 0 amide bonds. The highest BCUT2D eigenvalue weighted by atomic mass is 16.6. The number of hydrogen-bond acceptors (Lipinski definition) is 6. The van der Waals surface area contributed by atoms with Crippen molar-refractivity contribution >= 4 is 17.9 Å². The van der Waals surface area contributed by atoms with Gasteiger partial charge in [0.1, 0.15) is 13.2 Å². The zero-order valence-electron chi connectivity index (χ0n) is 41.8. The van der Waals surface area contributed by atoms with Crippen molar-refractivity contribution in [2.45, 2.75) is 284 Å².